The fraction of sp³-hybridized carbons (Fsp3) is 0.200. The van der Waals surface area contributed by atoms with Crippen LogP contribution in [0, 0.1) is 5.82 Å². The van der Waals surface area contributed by atoms with Gasteiger partial charge in [-0.25, -0.2) is 4.39 Å². The van der Waals surface area contributed by atoms with Gasteiger partial charge in [-0.2, -0.15) is 0 Å². The van der Waals surface area contributed by atoms with E-state index in [0.717, 1.165) is 16.5 Å². The normalized spacial score (nSPS) is 10.7. The highest BCUT2D eigenvalue weighted by molar-refractivity contribution is 5.97. The summed E-state index contributed by atoms with van der Waals surface area (Å²) < 4.78 is 13.4. The standard InChI is InChI=1S/C20H20FN3O2/c1-14(25)24(17-6-4-5-16(21)11-17)13-20(26)22-10-9-15-12-23-19-8-3-2-7-18(15)19/h2-8,11-12,23H,9-10,13H2,1H3,(H,22,26). The highest BCUT2D eigenvalue weighted by atomic mass is 19.1. The number of fused-ring (bicyclic) bond motifs is 1. The molecule has 0 aliphatic carbocycles. The number of hydrogen-bond acceptors (Lipinski definition) is 2. The van der Waals surface area contributed by atoms with Gasteiger partial charge in [0.25, 0.3) is 0 Å². The molecule has 2 amide bonds. The Kier molecular flexibility index (Phi) is 5.31. The fourth-order valence-corrected chi connectivity index (χ4v) is 2.90. The molecule has 2 aromatic carbocycles. The van der Waals surface area contributed by atoms with Crippen LogP contribution in [0.1, 0.15) is 12.5 Å². The molecule has 0 unspecified atom stereocenters. The molecule has 2 N–H and O–H groups in total. The van der Waals surface area contributed by atoms with Gasteiger partial charge < -0.3 is 15.2 Å². The Morgan fingerprint density at radius 3 is 2.73 bits per heavy atom. The van der Waals surface area contributed by atoms with E-state index in [1.54, 1.807) is 6.07 Å². The van der Waals surface area contributed by atoms with E-state index < -0.39 is 5.82 Å². The summed E-state index contributed by atoms with van der Waals surface area (Å²) >= 11 is 0. The van der Waals surface area contributed by atoms with Crippen LogP contribution in [0.2, 0.25) is 0 Å². The predicted molar refractivity (Wildman–Crippen MR) is 99.4 cm³/mol. The minimum Gasteiger partial charge on any atom is -0.361 e. The summed E-state index contributed by atoms with van der Waals surface area (Å²) in [6.45, 7) is 1.66. The minimum absolute atomic E-state index is 0.146. The number of nitrogens with zero attached hydrogens (tertiary/aromatic N) is 1. The molecule has 3 rings (SSSR count). The maximum Gasteiger partial charge on any atom is 0.240 e. The molecule has 26 heavy (non-hydrogen) atoms. The van der Waals surface area contributed by atoms with E-state index in [-0.39, 0.29) is 18.4 Å². The Morgan fingerprint density at radius 1 is 1.15 bits per heavy atom. The second-order valence-corrected chi connectivity index (χ2v) is 6.04. The zero-order valence-corrected chi connectivity index (χ0v) is 14.5. The Balaban J connectivity index is 1.58. The number of anilines is 1. The van der Waals surface area contributed by atoms with Crippen LogP contribution in [-0.4, -0.2) is 29.9 Å². The van der Waals surface area contributed by atoms with Gasteiger partial charge in [-0.1, -0.05) is 24.3 Å². The average Bonchev–Trinajstić information content (AvgIpc) is 3.03. The first-order chi connectivity index (χ1) is 12.5. The molecule has 1 heterocycles. The van der Waals surface area contributed by atoms with Gasteiger partial charge in [0.15, 0.2) is 0 Å². The highest BCUT2D eigenvalue weighted by Gasteiger charge is 2.16. The first kappa shape index (κ1) is 17.7. The van der Waals surface area contributed by atoms with Crippen molar-refractivity contribution < 1.29 is 14.0 Å². The summed E-state index contributed by atoms with van der Waals surface area (Å²) in [4.78, 5) is 28.5. The monoisotopic (exact) mass is 353 g/mol. The third-order valence-corrected chi connectivity index (χ3v) is 4.19. The van der Waals surface area contributed by atoms with Crippen LogP contribution in [-0.2, 0) is 16.0 Å². The Hall–Kier alpha value is -3.15. The van der Waals surface area contributed by atoms with Crippen molar-refractivity contribution in [3.63, 3.8) is 0 Å². The van der Waals surface area contributed by atoms with Gasteiger partial charge in [-0.15, -0.1) is 0 Å². The molecule has 3 aromatic rings. The predicted octanol–water partition coefficient (Wildman–Crippen LogP) is 3.02. The number of carbonyl (C=O) groups is 2. The Bertz CT molecular complexity index is 935. The topological polar surface area (TPSA) is 65.2 Å². The van der Waals surface area contributed by atoms with E-state index in [9.17, 15) is 14.0 Å². The number of halogens is 1. The van der Waals surface area contributed by atoms with Crippen molar-refractivity contribution in [1.82, 2.24) is 10.3 Å². The highest BCUT2D eigenvalue weighted by Crippen LogP contribution is 2.18. The quantitative estimate of drug-likeness (QED) is 0.715. The lowest BCUT2D eigenvalue weighted by Gasteiger charge is -2.20. The first-order valence-electron chi connectivity index (χ1n) is 8.40. The van der Waals surface area contributed by atoms with Crippen molar-refractivity contribution in [2.75, 3.05) is 18.0 Å². The average molecular weight is 353 g/mol. The van der Waals surface area contributed by atoms with E-state index in [2.05, 4.69) is 10.3 Å². The van der Waals surface area contributed by atoms with Crippen LogP contribution in [0.4, 0.5) is 10.1 Å². The third kappa shape index (κ3) is 4.08. The lowest BCUT2D eigenvalue weighted by atomic mass is 10.1. The number of para-hydroxylation sites is 1. The molecule has 0 atom stereocenters. The SMILES string of the molecule is CC(=O)N(CC(=O)NCCc1c[nH]c2ccccc12)c1cccc(F)c1. The van der Waals surface area contributed by atoms with Gasteiger partial charge in [0.2, 0.25) is 11.8 Å². The Morgan fingerprint density at radius 2 is 1.96 bits per heavy atom. The molecule has 0 aliphatic rings. The maximum atomic E-state index is 13.4. The van der Waals surface area contributed by atoms with Crippen LogP contribution in [0.25, 0.3) is 10.9 Å². The number of carbonyl (C=O) groups excluding carboxylic acids is 2. The fourth-order valence-electron chi connectivity index (χ4n) is 2.90. The van der Waals surface area contributed by atoms with Crippen molar-refractivity contribution in [3.05, 3.63) is 66.1 Å². The Labute approximate surface area is 150 Å². The molecule has 0 saturated heterocycles. The minimum atomic E-state index is -0.450. The summed E-state index contributed by atoms with van der Waals surface area (Å²) in [7, 11) is 0. The first-order valence-corrected chi connectivity index (χ1v) is 8.40. The summed E-state index contributed by atoms with van der Waals surface area (Å²) in [6, 6.07) is 13.6. The van der Waals surface area contributed by atoms with Crippen molar-refractivity contribution >= 4 is 28.4 Å². The van der Waals surface area contributed by atoms with Crippen molar-refractivity contribution in [2.24, 2.45) is 0 Å². The largest absolute Gasteiger partial charge is 0.361 e. The molecule has 5 nitrogen and oxygen atoms in total. The lowest BCUT2D eigenvalue weighted by molar-refractivity contribution is -0.123. The smallest absolute Gasteiger partial charge is 0.240 e. The van der Waals surface area contributed by atoms with E-state index >= 15 is 0 Å². The number of rotatable bonds is 6. The molecular weight excluding hydrogens is 333 g/mol. The number of aromatic amines is 1. The molecule has 0 fully saturated rings. The van der Waals surface area contributed by atoms with Gasteiger partial charge in [0.1, 0.15) is 12.4 Å². The van der Waals surface area contributed by atoms with Crippen LogP contribution in [0.15, 0.2) is 54.7 Å². The molecule has 0 radical (unpaired) electrons. The van der Waals surface area contributed by atoms with Gasteiger partial charge in [-0.05, 0) is 36.2 Å². The third-order valence-electron chi connectivity index (χ3n) is 4.19. The molecule has 0 spiro atoms. The molecule has 134 valence electrons. The molecular formula is C20H20FN3O2. The molecule has 0 bridgehead atoms. The zero-order chi connectivity index (χ0) is 18.5. The van der Waals surface area contributed by atoms with E-state index in [1.165, 1.54) is 30.0 Å². The number of nitrogens with one attached hydrogen (secondary N) is 2. The van der Waals surface area contributed by atoms with E-state index in [1.807, 2.05) is 30.5 Å². The maximum absolute atomic E-state index is 13.4. The summed E-state index contributed by atoms with van der Waals surface area (Å²) in [5, 5.41) is 3.95. The molecule has 0 saturated carbocycles. The molecule has 6 heteroatoms. The summed E-state index contributed by atoms with van der Waals surface area (Å²) in [6.07, 6.45) is 2.61. The summed E-state index contributed by atoms with van der Waals surface area (Å²) in [5.41, 5.74) is 2.54. The zero-order valence-electron chi connectivity index (χ0n) is 14.5. The number of hydrogen-bond donors (Lipinski definition) is 2. The van der Waals surface area contributed by atoms with Gasteiger partial charge in [-0.3, -0.25) is 9.59 Å². The number of benzene rings is 2. The summed E-state index contributed by atoms with van der Waals surface area (Å²) in [5.74, 6) is -1.06. The number of H-pyrrole nitrogens is 1. The van der Waals surface area contributed by atoms with Gasteiger partial charge in [0, 0.05) is 36.3 Å². The van der Waals surface area contributed by atoms with Gasteiger partial charge >= 0.3 is 0 Å². The van der Waals surface area contributed by atoms with E-state index in [0.29, 0.717) is 18.7 Å². The second-order valence-electron chi connectivity index (χ2n) is 6.04. The van der Waals surface area contributed by atoms with Crippen LogP contribution in [0.5, 0.6) is 0 Å². The van der Waals surface area contributed by atoms with E-state index in [4.69, 9.17) is 0 Å². The van der Waals surface area contributed by atoms with Crippen molar-refractivity contribution in [3.8, 4) is 0 Å². The van der Waals surface area contributed by atoms with Crippen LogP contribution >= 0.6 is 0 Å². The number of amides is 2. The second kappa shape index (κ2) is 7.82. The van der Waals surface area contributed by atoms with Crippen LogP contribution in [0.3, 0.4) is 0 Å². The number of aromatic nitrogens is 1. The van der Waals surface area contributed by atoms with Crippen molar-refractivity contribution in [1.29, 1.82) is 0 Å². The molecule has 0 aliphatic heterocycles. The lowest BCUT2D eigenvalue weighted by Crippen LogP contribution is -2.40. The van der Waals surface area contributed by atoms with Crippen molar-refractivity contribution in [2.45, 2.75) is 13.3 Å². The van der Waals surface area contributed by atoms with Crippen LogP contribution < -0.4 is 10.2 Å². The molecule has 1 aromatic heterocycles. The van der Waals surface area contributed by atoms with Gasteiger partial charge in [0.05, 0.1) is 0 Å².